The molecule has 5 heterocycles. The van der Waals surface area contributed by atoms with Crippen molar-refractivity contribution in [3.05, 3.63) is 205 Å². The number of para-hydroxylation sites is 5. The van der Waals surface area contributed by atoms with E-state index in [1.165, 1.54) is 32.3 Å². The summed E-state index contributed by atoms with van der Waals surface area (Å²) in [5.41, 5.74) is 11.5. The Balaban J connectivity index is 1.08. The molecular weight excluding hydrogens is 797 g/mol. The molecule has 1 atom stereocenters. The summed E-state index contributed by atoms with van der Waals surface area (Å²) in [5, 5.41) is 11.4. The molecular formula is C59H38N4O2. The van der Waals surface area contributed by atoms with Crippen LogP contribution in [-0.4, -0.2) is 20.8 Å². The molecule has 65 heavy (non-hydrogen) atoms. The van der Waals surface area contributed by atoms with E-state index in [-0.39, 0.29) is 5.92 Å². The number of aromatic nitrogens is 2. The van der Waals surface area contributed by atoms with Crippen LogP contribution in [0.1, 0.15) is 24.5 Å². The number of nitrogens with zero attached hydrogens (tertiary/aromatic N) is 4. The molecule has 0 fully saturated rings. The van der Waals surface area contributed by atoms with E-state index >= 15 is 0 Å². The third-order valence-corrected chi connectivity index (χ3v) is 13.6. The second-order valence-corrected chi connectivity index (χ2v) is 17.3. The minimum atomic E-state index is 0.00573. The first kappa shape index (κ1) is 36.0. The number of allylic oxidation sites excluding steroid dienone is 1. The van der Waals surface area contributed by atoms with Crippen LogP contribution >= 0.6 is 0 Å². The van der Waals surface area contributed by atoms with Crippen LogP contribution in [0.4, 0.5) is 0 Å². The lowest BCUT2D eigenvalue weighted by atomic mass is 9.99. The van der Waals surface area contributed by atoms with Crippen LogP contribution in [-0.2, 0) is 0 Å². The summed E-state index contributed by atoms with van der Waals surface area (Å²) in [6.07, 6.45) is 3.03. The maximum Gasteiger partial charge on any atom is 0.161 e. The standard InChI is InChI=1S/C59H38N4O2/c1-35-26-29-48(47-33-46-43-20-8-13-25-55(43)65-57(46)34-53(47)62-49-21-9-6-18-41(49)45-30-36-14-2-3-15-37(36)31-52(45)62)60-58(38-27-28-44-42-19-7-12-24-54(42)64-56(44)32-38)61-59(35)63-50-22-10-4-16-39(50)40-17-5-11-23-51(40)63/h2-25,27-35H,26H2,1H3/b48-29+,60-58-,61-59+. The van der Waals surface area contributed by atoms with Crippen LogP contribution in [0.2, 0.25) is 0 Å². The molecule has 0 saturated carbocycles. The molecule has 1 unspecified atom stereocenters. The summed E-state index contributed by atoms with van der Waals surface area (Å²) in [7, 11) is 0. The average Bonchev–Trinajstić information content (AvgIpc) is 4.09. The lowest BCUT2D eigenvalue weighted by Crippen LogP contribution is -2.23. The van der Waals surface area contributed by atoms with Crippen molar-refractivity contribution in [2.45, 2.75) is 13.3 Å². The third kappa shape index (κ3) is 5.41. The van der Waals surface area contributed by atoms with Crippen molar-refractivity contribution in [3.8, 4) is 5.69 Å². The van der Waals surface area contributed by atoms with Gasteiger partial charge in [-0.3, -0.25) is 4.57 Å². The molecule has 14 rings (SSSR count). The number of rotatable bonds is 3. The van der Waals surface area contributed by atoms with Gasteiger partial charge in [-0.1, -0.05) is 134 Å². The maximum absolute atomic E-state index is 6.67. The van der Waals surface area contributed by atoms with Gasteiger partial charge in [0.05, 0.1) is 33.5 Å². The predicted octanol–water partition coefficient (Wildman–Crippen LogP) is 15.6. The van der Waals surface area contributed by atoms with Crippen LogP contribution in [0.25, 0.3) is 110 Å². The van der Waals surface area contributed by atoms with E-state index in [9.17, 15) is 0 Å². The van der Waals surface area contributed by atoms with Gasteiger partial charge in [-0.25, -0.2) is 9.98 Å². The Kier molecular flexibility index (Phi) is 7.63. The molecule has 1 aliphatic heterocycles. The number of furan rings is 2. The summed E-state index contributed by atoms with van der Waals surface area (Å²) in [5.74, 6) is 1.55. The molecule has 0 saturated heterocycles. The molecule has 13 aromatic rings. The summed E-state index contributed by atoms with van der Waals surface area (Å²) < 4.78 is 17.9. The molecule has 6 nitrogen and oxygen atoms in total. The van der Waals surface area contributed by atoms with Gasteiger partial charge in [-0.05, 0) is 77.9 Å². The van der Waals surface area contributed by atoms with Gasteiger partial charge in [0.15, 0.2) is 5.84 Å². The fraction of sp³-hybridized carbons (Fsp3) is 0.0508. The van der Waals surface area contributed by atoms with Crippen molar-refractivity contribution in [2.24, 2.45) is 15.9 Å². The highest BCUT2D eigenvalue weighted by molar-refractivity contribution is 6.20. The van der Waals surface area contributed by atoms with E-state index in [0.717, 1.165) is 94.3 Å². The zero-order chi connectivity index (χ0) is 42.8. The third-order valence-electron chi connectivity index (χ3n) is 13.6. The molecule has 0 amide bonds. The lowest BCUT2D eigenvalue weighted by Gasteiger charge is -2.21. The van der Waals surface area contributed by atoms with Gasteiger partial charge in [0, 0.05) is 66.2 Å². The number of benzene rings is 9. The smallest absolute Gasteiger partial charge is 0.161 e. The first-order valence-electron chi connectivity index (χ1n) is 22.3. The van der Waals surface area contributed by atoms with E-state index < -0.39 is 0 Å². The van der Waals surface area contributed by atoms with Crippen LogP contribution < -0.4 is 0 Å². The largest absolute Gasteiger partial charge is 0.456 e. The SMILES string of the molecule is CC1C/C=C(c2cc3c(cc2-n2c4ccccc4c4cc5ccccc5cc42)oc2ccccc23)/N=C(c2ccc3c(c2)oc2ccccc23)\N=C/1n1c2ccccc2c2ccccc21. The second kappa shape index (κ2) is 13.8. The van der Waals surface area contributed by atoms with Crippen molar-refractivity contribution in [1.82, 2.24) is 9.13 Å². The van der Waals surface area contributed by atoms with Crippen LogP contribution in [0.5, 0.6) is 0 Å². The van der Waals surface area contributed by atoms with Gasteiger partial charge in [0.2, 0.25) is 0 Å². The molecule has 0 bridgehead atoms. The Morgan fingerprint density at radius 2 is 0.969 bits per heavy atom. The van der Waals surface area contributed by atoms with Gasteiger partial charge in [-0.2, -0.15) is 0 Å². The van der Waals surface area contributed by atoms with Gasteiger partial charge in [-0.15, -0.1) is 0 Å². The van der Waals surface area contributed by atoms with Crippen molar-refractivity contribution < 1.29 is 8.83 Å². The van der Waals surface area contributed by atoms with E-state index in [1.807, 2.05) is 24.3 Å². The number of amidine groups is 1. The number of aliphatic imine (C=N–C) groups is 2. The lowest BCUT2D eigenvalue weighted by molar-refractivity contribution is 0.668. The Morgan fingerprint density at radius 3 is 1.66 bits per heavy atom. The Labute approximate surface area is 372 Å². The summed E-state index contributed by atoms with van der Waals surface area (Å²) in [6.45, 7) is 2.29. The van der Waals surface area contributed by atoms with Gasteiger partial charge in [0.1, 0.15) is 28.2 Å². The van der Waals surface area contributed by atoms with E-state index in [1.54, 1.807) is 0 Å². The number of fused-ring (bicyclic) bond motifs is 13. The zero-order valence-electron chi connectivity index (χ0n) is 35.4. The Hall–Kier alpha value is -8.48. The van der Waals surface area contributed by atoms with Crippen molar-refractivity contribution in [3.63, 3.8) is 0 Å². The molecule has 0 spiro atoms. The fourth-order valence-corrected chi connectivity index (χ4v) is 10.5. The molecule has 4 aromatic heterocycles. The van der Waals surface area contributed by atoms with Gasteiger partial charge < -0.3 is 13.4 Å². The van der Waals surface area contributed by atoms with Crippen molar-refractivity contribution >= 4 is 116 Å². The molecule has 9 aromatic carbocycles. The zero-order valence-corrected chi connectivity index (χ0v) is 35.4. The summed E-state index contributed by atoms with van der Waals surface area (Å²) >= 11 is 0. The molecule has 1 aliphatic rings. The van der Waals surface area contributed by atoms with Crippen LogP contribution in [0.3, 0.4) is 0 Å². The van der Waals surface area contributed by atoms with Crippen LogP contribution in [0.15, 0.2) is 213 Å². The first-order valence-corrected chi connectivity index (χ1v) is 22.3. The van der Waals surface area contributed by atoms with Crippen LogP contribution in [0, 0.1) is 5.92 Å². The minimum absolute atomic E-state index is 0.00573. The van der Waals surface area contributed by atoms with E-state index in [0.29, 0.717) is 12.3 Å². The van der Waals surface area contributed by atoms with Gasteiger partial charge >= 0.3 is 0 Å². The highest BCUT2D eigenvalue weighted by Gasteiger charge is 2.26. The number of hydrogen-bond acceptors (Lipinski definition) is 4. The summed E-state index contributed by atoms with van der Waals surface area (Å²) in [6, 6.07) is 66.7. The average molecular weight is 835 g/mol. The van der Waals surface area contributed by atoms with Gasteiger partial charge in [0.25, 0.3) is 0 Å². The highest BCUT2D eigenvalue weighted by atomic mass is 16.3. The Morgan fingerprint density at radius 1 is 0.431 bits per heavy atom. The molecule has 306 valence electrons. The highest BCUT2D eigenvalue weighted by Crippen LogP contribution is 2.42. The quantitative estimate of drug-likeness (QED) is 0.178. The topological polar surface area (TPSA) is 60.9 Å². The Bertz CT molecular complexity index is 4190. The predicted molar refractivity (Wildman–Crippen MR) is 270 cm³/mol. The van der Waals surface area contributed by atoms with E-state index in [2.05, 4.69) is 186 Å². The second-order valence-electron chi connectivity index (χ2n) is 17.3. The fourth-order valence-electron chi connectivity index (χ4n) is 10.5. The molecule has 0 N–H and O–H groups in total. The normalized spacial score (nSPS) is 17.3. The molecule has 0 radical (unpaired) electrons. The summed E-state index contributed by atoms with van der Waals surface area (Å²) in [4.78, 5) is 11.5. The monoisotopic (exact) mass is 834 g/mol. The maximum atomic E-state index is 6.67. The van der Waals surface area contributed by atoms with E-state index in [4.69, 9.17) is 18.8 Å². The minimum Gasteiger partial charge on any atom is -0.456 e. The van der Waals surface area contributed by atoms with Crippen molar-refractivity contribution in [1.29, 1.82) is 0 Å². The van der Waals surface area contributed by atoms with Crippen molar-refractivity contribution in [2.75, 3.05) is 0 Å². The molecule has 6 heteroatoms. The molecule has 0 aliphatic carbocycles. The number of hydrogen-bond donors (Lipinski definition) is 0. The first-order chi connectivity index (χ1) is 32.1.